The summed E-state index contributed by atoms with van der Waals surface area (Å²) in [6.45, 7) is 7.35. The van der Waals surface area contributed by atoms with E-state index in [-0.39, 0.29) is 131 Å². The zero-order valence-corrected chi connectivity index (χ0v) is 40.3. The van der Waals surface area contributed by atoms with Crippen LogP contribution in [0.25, 0.3) is 11.4 Å². The topological polar surface area (TPSA) is 278 Å². The van der Waals surface area contributed by atoms with Gasteiger partial charge in [-0.05, 0) is 36.1 Å². The fraction of sp³-hybridized carbons (Fsp3) is 0.278. The molecule has 0 saturated heterocycles. The largest absolute Gasteiger partial charge is 1.00 e. The van der Waals surface area contributed by atoms with Crippen molar-refractivity contribution in [3.63, 3.8) is 0 Å². The van der Waals surface area contributed by atoms with E-state index in [1.54, 1.807) is 0 Å². The molecule has 0 fully saturated rings. The Bertz CT molecular complexity index is 2870. The Morgan fingerprint density at radius 2 is 0.984 bits per heavy atom. The molecule has 62 heavy (non-hydrogen) atoms. The van der Waals surface area contributed by atoms with Gasteiger partial charge in [-0.15, -0.1) is 10.2 Å². The second-order valence-electron chi connectivity index (χ2n) is 12.8. The number of nitrogens with zero attached hydrogens (tertiary/aromatic N) is 6. The van der Waals surface area contributed by atoms with Gasteiger partial charge >= 0.3 is 40.9 Å². The predicted molar refractivity (Wildman–Crippen MR) is 228 cm³/mol. The van der Waals surface area contributed by atoms with Crippen molar-refractivity contribution < 1.29 is 48.9 Å². The molecule has 0 aliphatic carbocycles. The van der Waals surface area contributed by atoms with Gasteiger partial charge in [-0.2, -0.15) is 26.7 Å². The Labute approximate surface area is 399 Å². The summed E-state index contributed by atoms with van der Waals surface area (Å²) >= 11 is 28.3. The molecule has 6 rings (SSSR count). The molecule has 0 amide bonds. The first-order valence-corrected chi connectivity index (χ1v) is 20.0. The van der Waals surface area contributed by atoms with Crippen molar-refractivity contribution in [3.05, 3.63) is 141 Å². The van der Waals surface area contributed by atoms with E-state index in [4.69, 9.17) is 65.7 Å². The number of hydrogen-bond acceptors (Lipinski definition) is 14. The van der Waals surface area contributed by atoms with E-state index in [2.05, 4.69) is 56.5 Å². The maximum absolute atomic E-state index is 12.2. The van der Waals surface area contributed by atoms with E-state index >= 15 is 0 Å². The molecule has 0 atom stereocenters. The third-order valence-corrected chi connectivity index (χ3v) is 9.58. The Kier molecular flexibility index (Phi) is 19.5. The smallest absolute Gasteiger partial charge is 0.857 e. The number of halogens is 5. The number of H-pyrrole nitrogens is 4. The summed E-state index contributed by atoms with van der Waals surface area (Å²) in [5.74, 6) is 0.268. The molecular formula is C36H34BrCl4N10NaO10. The Hall–Kier alpha value is -4.42. The van der Waals surface area contributed by atoms with Crippen molar-refractivity contribution in [2.75, 3.05) is 14.2 Å². The quantitative estimate of drug-likeness (QED) is 0.106. The van der Waals surface area contributed by atoms with Gasteiger partial charge in [-0.1, -0.05) is 90.0 Å². The predicted octanol–water partition coefficient (Wildman–Crippen LogP) is 1.48. The number of hydrogen-bond donors (Lipinski definition) is 4. The second kappa shape index (κ2) is 23.3. The van der Waals surface area contributed by atoms with Gasteiger partial charge in [0.25, 0.3) is 22.2 Å². The average Bonchev–Trinajstić information content (AvgIpc) is 3.20. The number of benzene rings is 2. The Morgan fingerprint density at radius 1 is 0.629 bits per heavy atom. The summed E-state index contributed by atoms with van der Waals surface area (Å²) in [5.41, 5.74) is -1.88. The Balaban J connectivity index is 0.000000313. The summed E-state index contributed by atoms with van der Waals surface area (Å²) in [6.07, 6.45) is 0. The van der Waals surface area contributed by atoms with Crippen LogP contribution in [0, 0.1) is 0 Å². The molecule has 4 N–H and O–H groups in total. The summed E-state index contributed by atoms with van der Waals surface area (Å²) < 4.78 is 18.1. The summed E-state index contributed by atoms with van der Waals surface area (Å²) in [5, 5.41) is 29.1. The number of rotatable bonds is 11. The number of aromatic nitrogens is 10. The minimum atomic E-state index is -0.774. The fourth-order valence-electron chi connectivity index (χ4n) is 5.04. The average molecular weight is 1010 g/mol. The standard InChI is InChI=1S/C18H17Cl2N5O5.C17H14BrCl2N5O4.CH3O.Na/c1-8(2)10-6-14(22-23-16(10)26)30-15-11(19)4-9(5-12(15)20)25-18(28)21-17(27)13(24-25)7-29-3;1-7(2)9-5-13(22-23-15(9)26)29-14-10(19)3-8(4-11(14)20)25-17(28)21-16(27)12(6-18)24-25;1-2;/h4-6,8H,7H2,1-3H3,(H,23,26)(H,21,27,28);3-5,7H,6H2,1-2H3,(H,23,26)(H,21,27,28);1H3;/q;;-1;+1. The zero-order chi connectivity index (χ0) is 45.3. The number of alkyl halides is 1. The molecule has 0 aliphatic rings. The van der Waals surface area contributed by atoms with E-state index < -0.39 is 22.5 Å². The van der Waals surface area contributed by atoms with E-state index in [0.717, 1.165) is 16.5 Å². The monoisotopic (exact) mass is 1010 g/mol. The van der Waals surface area contributed by atoms with Crippen molar-refractivity contribution >= 4 is 62.3 Å². The Morgan fingerprint density at radius 3 is 1.32 bits per heavy atom. The van der Waals surface area contributed by atoms with Crippen LogP contribution in [0.5, 0.6) is 23.3 Å². The maximum atomic E-state index is 12.2. The van der Waals surface area contributed by atoms with Crippen molar-refractivity contribution in [2.24, 2.45) is 0 Å². The fourth-order valence-corrected chi connectivity index (χ4v) is 6.51. The first kappa shape index (κ1) is 51.9. The van der Waals surface area contributed by atoms with Crippen LogP contribution in [0.15, 0.2) is 65.2 Å². The minimum absolute atomic E-state index is 0. The van der Waals surface area contributed by atoms with Crippen LogP contribution in [0.1, 0.15) is 62.0 Å². The molecule has 2 aromatic carbocycles. The molecule has 26 heteroatoms. The second-order valence-corrected chi connectivity index (χ2v) is 15.0. The van der Waals surface area contributed by atoms with Crippen molar-refractivity contribution in [1.82, 2.24) is 49.9 Å². The number of nitrogens with one attached hydrogen (secondary N) is 4. The van der Waals surface area contributed by atoms with Crippen LogP contribution >= 0.6 is 62.3 Å². The first-order chi connectivity index (χ1) is 28.9. The number of methoxy groups -OCH3 is 1. The number of aromatic amines is 4. The molecule has 4 aromatic heterocycles. The van der Waals surface area contributed by atoms with Gasteiger partial charge < -0.3 is 19.3 Å². The molecule has 6 aromatic rings. The van der Waals surface area contributed by atoms with E-state index in [0.29, 0.717) is 11.1 Å². The van der Waals surface area contributed by atoms with Gasteiger partial charge in [-0.25, -0.2) is 19.8 Å². The normalized spacial score (nSPS) is 10.7. The third kappa shape index (κ3) is 12.6. The molecule has 0 bridgehead atoms. The molecule has 0 spiro atoms. The van der Waals surface area contributed by atoms with E-state index in [1.807, 2.05) is 27.7 Å². The van der Waals surface area contributed by atoms with Crippen LogP contribution in [0.2, 0.25) is 20.1 Å². The van der Waals surface area contributed by atoms with E-state index in [1.165, 1.54) is 43.5 Å². The summed E-state index contributed by atoms with van der Waals surface area (Å²) in [6, 6.07) is 8.59. The molecule has 0 aliphatic heterocycles. The van der Waals surface area contributed by atoms with Gasteiger partial charge in [0, 0.05) is 30.4 Å². The van der Waals surface area contributed by atoms with Gasteiger partial charge in [0.15, 0.2) is 17.2 Å². The van der Waals surface area contributed by atoms with E-state index in [9.17, 15) is 28.8 Å². The van der Waals surface area contributed by atoms with Gasteiger partial charge in [0.05, 0.1) is 43.4 Å². The maximum Gasteiger partial charge on any atom is 1.00 e. The molecule has 324 valence electrons. The van der Waals surface area contributed by atoms with Crippen molar-refractivity contribution in [3.8, 4) is 34.6 Å². The van der Waals surface area contributed by atoms with Gasteiger partial charge in [0.2, 0.25) is 11.8 Å². The van der Waals surface area contributed by atoms with Crippen molar-refractivity contribution in [1.29, 1.82) is 0 Å². The molecule has 20 nitrogen and oxygen atoms in total. The van der Waals surface area contributed by atoms with Crippen LogP contribution in [-0.4, -0.2) is 64.1 Å². The summed E-state index contributed by atoms with van der Waals surface area (Å²) in [7, 11) is 2.14. The zero-order valence-electron chi connectivity index (χ0n) is 33.7. The van der Waals surface area contributed by atoms with Gasteiger partial charge in [0.1, 0.15) is 5.69 Å². The molecular weight excluding hydrogens is 977 g/mol. The molecule has 4 heterocycles. The summed E-state index contributed by atoms with van der Waals surface area (Å²) in [4.78, 5) is 75.7. The first-order valence-electron chi connectivity index (χ1n) is 17.4. The van der Waals surface area contributed by atoms with Crippen LogP contribution in [0.4, 0.5) is 0 Å². The van der Waals surface area contributed by atoms with Crippen LogP contribution < -0.4 is 77.8 Å². The van der Waals surface area contributed by atoms with Crippen molar-refractivity contribution in [2.45, 2.75) is 51.5 Å². The van der Waals surface area contributed by atoms with Crippen LogP contribution in [0.3, 0.4) is 0 Å². The SMILES string of the molecule is CC(C)c1cc(Oc2c(Cl)cc(-n3nc(CBr)c(=O)[nH]c3=O)cc2Cl)n[nH]c1=O.COCc1nn(-c2cc(Cl)c(Oc3cc(C(C)C)c(=O)[nH]n3)c(Cl)c2)c(=O)[nH]c1=O.C[O-].[Na+]. The third-order valence-electron chi connectivity index (χ3n) is 7.93. The van der Waals surface area contributed by atoms with Gasteiger partial charge in [-0.3, -0.25) is 29.1 Å². The number of ether oxygens (including phenoxy) is 3. The molecule has 0 radical (unpaired) electrons. The molecule has 0 saturated carbocycles. The minimum Gasteiger partial charge on any atom is -0.857 e. The molecule has 0 unspecified atom stereocenters. The van der Waals surface area contributed by atoms with Crippen LogP contribution in [-0.2, 0) is 16.7 Å².